The fraction of sp³-hybridized carbons (Fsp3) is 0.0667. The van der Waals surface area contributed by atoms with Gasteiger partial charge in [-0.15, -0.1) is 0 Å². The van der Waals surface area contributed by atoms with E-state index in [2.05, 4.69) is 4.99 Å². The molecule has 0 saturated heterocycles. The number of aliphatic imine (C=N–C) groups is 1. The summed E-state index contributed by atoms with van der Waals surface area (Å²) in [7, 11) is 1.75. The molecule has 0 spiro atoms. The lowest BCUT2D eigenvalue weighted by molar-refractivity contribution is 0.100. The van der Waals surface area contributed by atoms with Gasteiger partial charge >= 0.3 is 0 Å². The molecule has 0 heterocycles. The van der Waals surface area contributed by atoms with Gasteiger partial charge in [0.05, 0.1) is 0 Å². The van der Waals surface area contributed by atoms with Crippen molar-refractivity contribution in [2.45, 2.75) is 0 Å². The Hall–Kier alpha value is -1.84. The third kappa shape index (κ3) is 3.59. The molecule has 5 heteroatoms. The maximum absolute atomic E-state index is 12.0. The lowest BCUT2D eigenvalue weighted by atomic mass is 10.2. The molecule has 0 N–H and O–H groups in total. The second-order valence-corrected chi connectivity index (χ2v) is 4.86. The highest BCUT2D eigenvalue weighted by molar-refractivity contribution is 6.68. The number of carbonyl (C=O) groups excluding carboxylic acids is 1. The van der Waals surface area contributed by atoms with Gasteiger partial charge in [0, 0.05) is 23.3 Å². The Morgan fingerprint density at radius 2 is 1.65 bits per heavy atom. The third-order valence-electron chi connectivity index (χ3n) is 2.71. The number of hydrogen-bond acceptors (Lipinski definition) is 1. The van der Waals surface area contributed by atoms with E-state index in [-0.39, 0.29) is 5.29 Å². The van der Waals surface area contributed by atoms with E-state index in [0.29, 0.717) is 10.6 Å². The largest absolute Gasteiger partial charge is 0.320 e. The molecule has 3 nitrogen and oxygen atoms in total. The molecule has 0 unspecified atom stereocenters. The summed E-state index contributed by atoms with van der Waals surface area (Å²) >= 11 is 11.8. The molecule has 0 fully saturated rings. The van der Waals surface area contributed by atoms with E-state index < -0.39 is 5.91 Å². The van der Waals surface area contributed by atoms with Gasteiger partial charge in [0.15, 0.2) is 0 Å². The van der Waals surface area contributed by atoms with Crippen molar-refractivity contribution in [3.63, 3.8) is 0 Å². The molecule has 2 aromatic carbocycles. The van der Waals surface area contributed by atoms with Crippen molar-refractivity contribution in [1.82, 2.24) is 0 Å². The van der Waals surface area contributed by atoms with Crippen molar-refractivity contribution in [3.05, 3.63) is 65.2 Å². The molecule has 0 aromatic heterocycles. The molecular weight excluding hydrogens is 295 g/mol. The van der Waals surface area contributed by atoms with E-state index >= 15 is 0 Å². The number of carbonyl (C=O) groups is 1. The quantitative estimate of drug-likeness (QED) is 0.473. The topological polar surface area (TPSA) is 32.7 Å². The number of amides is 1. The first-order chi connectivity index (χ1) is 9.58. The van der Waals surface area contributed by atoms with Crippen LogP contribution in [0.5, 0.6) is 0 Å². The Kier molecular flexibility index (Phi) is 4.77. The number of amidine groups is 1. The summed E-state index contributed by atoms with van der Waals surface area (Å²) in [6.07, 6.45) is 0. The summed E-state index contributed by atoms with van der Waals surface area (Å²) in [6, 6.07) is 15.9. The summed E-state index contributed by atoms with van der Waals surface area (Å²) in [6.45, 7) is 0. The zero-order valence-electron chi connectivity index (χ0n) is 10.8. The maximum Gasteiger partial charge on any atom is 0.279 e. The van der Waals surface area contributed by atoms with E-state index in [9.17, 15) is 4.79 Å². The average Bonchev–Trinajstić information content (AvgIpc) is 2.48. The van der Waals surface area contributed by atoms with Gasteiger partial charge in [-0.2, -0.15) is 4.99 Å². The molecule has 2 aromatic rings. The zero-order chi connectivity index (χ0) is 14.5. The average molecular weight is 307 g/mol. The predicted octanol–water partition coefficient (Wildman–Crippen LogP) is 4.21. The molecule has 0 atom stereocenters. The maximum atomic E-state index is 12.0. The monoisotopic (exact) mass is 306 g/mol. The number of halogens is 2. The minimum Gasteiger partial charge on any atom is -0.320 e. The smallest absolute Gasteiger partial charge is 0.279 e. The molecule has 0 radical (unpaired) electrons. The fourth-order valence-corrected chi connectivity index (χ4v) is 1.87. The lowest BCUT2D eigenvalue weighted by Gasteiger charge is -2.16. The second kappa shape index (κ2) is 6.55. The number of anilines is 1. The van der Waals surface area contributed by atoms with Crippen LogP contribution in [0.3, 0.4) is 0 Å². The summed E-state index contributed by atoms with van der Waals surface area (Å²) in [4.78, 5) is 17.5. The van der Waals surface area contributed by atoms with Gasteiger partial charge in [0.2, 0.25) is 5.29 Å². The van der Waals surface area contributed by atoms with E-state index in [1.165, 1.54) is 0 Å². The Balaban J connectivity index is 2.17. The van der Waals surface area contributed by atoms with Gasteiger partial charge in [-0.3, -0.25) is 4.79 Å². The van der Waals surface area contributed by atoms with E-state index in [1.807, 2.05) is 30.3 Å². The molecule has 0 saturated carbocycles. The number of hydrogen-bond donors (Lipinski definition) is 0. The van der Waals surface area contributed by atoms with Gasteiger partial charge in [-0.1, -0.05) is 29.8 Å². The summed E-state index contributed by atoms with van der Waals surface area (Å²) in [5.74, 6) is -0.408. The fourth-order valence-electron chi connectivity index (χ4n) is 1.57. The van der Waals surface area contributed by atoms with E-state index in [1.54, 1.807) is 36.2 Å². The van der Waals surface area contributed by atoms with Crippen LogP contribution in [-0.2, 0) is 0 Å². The van der Waals surface area contributed by atoms with Crippen molar-refractivity contribution in [3.8, 4) is 0 Å². The number of nitrogens with zero attached hydrogens (tertiary/aromatic N) is 2. The SMILES string of the molecule is CN(C(Cl)=NC(=O)c1ccc(Cl)cc1)c1ccccc1. The zero-order valence-corrected chi connectivity index (χ0v) is 12.3. The summed E-state index contributed by atoms with van der Waals surface area (Å²) < 4.78 is 0. The molecule has 1 amide bonds. The van der Waals surface area contributed by atoms with Crippen molar-refractivity contribution in [2.24, 2.45) is 4.99 Å². The predicted molar refractivity (Wildman–Crippen MR) is 83.9 cm³/mol. The summed E-state index contributed by atoms with van der Waals surface area (Å²) in [5.41, 5.74) is 1.29. The second-order valence-electron chi connectivity index (χ2n) is 4.09. The van der Waals surface area contributed by atoms with Crippen LogP contribution in [0.4, 0.5) is 5.69 Å². The van der Waals surface area contributed by atoms with Gasteiger partial charge < -0.3 is 4.90 Å². The summed E-state index contributed by atoms with van der Waals surface area (Å²) in [5, 5.41) is 0.675. The molecule has 0 aliphatic carbocycles. The highest BCUT2D eigenvalue weighted by Gasteiger charge is 2.10. The van der Waals surface area contributed by atoms with Crippen LogP contribution in [0.25, 0.3) is 0 Å². The first-order valence-corrected chi connectivity index (χ1v) is 6.66. The molecule has 2 rings (SSSR count). The first kappa shape index (κ1) is 14.6. The Bertz CT molecular complexity index is 624. The van der Waals surface area contributed by atoms with Crippen molar-refractivity contribution in [2.75, 3.05) is 11.9 Å². The standard InChI is InChI=1S/C15H12Cl2N2O/c1-19(13-5-3-2-4-6-13)15(17)18-14(20)11-7-9-12(16)10-8-11/h2-10H,1H3. The van der Waals surface area contributed by atoms with Crippen LogP contribution >= 0.6 is 23.2 Å². The molecule has 0 aliphatic rings. The Morgan fingerprint density at radius 3 is 2.25 bits per heavy atom. The van der Waals surface area contributed by atoms with Gasteiger partial charge in [-0.25, -0.2) is 0 Å². The van der Waals surface area contributed by atoms with Gasteiger partial charge in [-0.05, 0) is 48.0 Å². The van der Waals surface area contributed by atoms with E-state index in [0.717, 1.165) is 5.69 Å². The minimum atomic E-state index is -0.408. The van der Waals surface area contributed by atoms with E-state index in [4.69, 9.17) is 23.2 Å². The Labute approximate surface area is 127 Å². The molecule has 102 valence electrons. The third-order valence-corrected chi connectivity index (χ3v) is 3.30. The minimum absolute atomic E-state index is 0.108. The van der Waals surface area contributed by atoms with Crippen molar-refractivity contribution in [1.29, 1.82) is 0 Å². The van der Waals surface area contributed by atoms with Crippen LogP contribution in [0, 0.1) is 0 Å². The van der Waals surface area contributed by atoms with Crippen molar-refractivity contribution >= 4 is 40.1 Å². The van der Waals surface area contributed by atoms with Crippen LogP contribution < -0.4 is 4.90 Å². The molecule has 20 heavy (non-hydrogen) atoms. The number of rotatable bonds is 2. The molecule has 0 bridgehead atoms. The van der Waals surface area contributed by atoms with Crippen LogP contribution in [-0.4, -0.2) is 18.2 Å². The number of para-hydroxylation sites is 1. The van der Waals surface area contributed by atoms with Crippen molar-refractivity contribution < 1.29 is 4.79 Å². The lowest BCUT2D eigenvalue weighted by Crippen LogP contribution is -2.22. The highest BCUT2D eigenvalue weighted by atomic mass is 35.5. The first-order valence-electron chi connectivity index (χ1n) is 5.91. The highest BCUT2D eigenvalue weighted by Crippen LogP contribution is 2.15. The molecular formula is C15H12Cl2N2O. The van der Waals surface area contributed by atoms with Gasteiger partial charge in [0.1, 0.15) is 0 Å². The van der Waals surface area contributed by atoms with Crippen LogP contribution in [0.2, 0.25) is 5.02 Å². The van der Waals surface area contributed by atoms with Crippen LogP contribution in [0.1, 0.15) is 10.4 Å². The number of benzene rings is 2. The van der Waals surface area contributed by atoms with Gasteiger partial charge in [0.25, 0.3) is 5.91 Å². The normalized spacial score (nSPS) is 11.2. The molecule has 0 aliphatic heterocycles. The van der Waals surface area contributed by atoms with Crippen LogP contribution in [0.15, 0.2) is 59.6 Å². The Morgan fingerprint density at radius 1 is 1.05 bits per heavy atom.